The maximum atomic E-state index is 5.13. The Morgan fingerprint density at radius 1 is 1.33 bits per heavy atom. The van der Waals surface area contributed by atoms with E-state index in [1.165, 1.54) is 16.5 Å². The Balaban J connectivity index is 1.80. The minimum absolute atomic E-state index is 0.537. The summed E-state index contributed by atoms with van der Waals surface area (Å²) in [5, 5.41) is 4.75. The molecule has 1 aromatic heterocycles. The SMILES string of the molecule is c1cc(CNC2COC2)c2[nH]ccc2c1. The number of hydrogen-bond acceptors (Lipinski definition) is 2. The first-order chi connectivity index (χ1) is 7.43. The van der Waals surface area contributed by atoms with Gasteiger partial charge in [0.15, 0.2) is 0 Å². The van der Waals surface area contributed by atoms with Crippen LogP contribution in [0.25, 0.3) is 10.9 Å². The summed E-state index contributed by atoms with van der Waals surface area (Å²) in [5.41, 5.74) is 2.56. The lowest BCUT2D eigenvalue weighted by Crippen LogP contribution is -2.45. The summed E-state index contributed by atoms with van der Waals surface area (Å²) in [5.74, 6) is 0. The number of H-pyrrole nitrogens is 1. The highest BCUT2D eigenvalue weighted by Gasteiger charge is 2.17. The Kier molecular flexibility index (Phi) is 2.19. The summed E-state index contributed by atoms with van der Waals surface area (Å²) in [6.45, 7) is 2.60. The molecule has 0 bridgehead atoms. The van der Waals surface area contributed by atoms with Crippen molar-refractivity contribution >= 4 is 10.9 Å². The Labute approximate surface area is 88.4 Å². The molecular weight excluding hydrogens is 188 g/mol. The Hall–Kier alpha value is -1.32. The van der Waals surface area contributed by atoms with Crippen molar-refractivity contribution in [3.8, 4) is 0 Å². The number of aromatic amines is 1. The Bertz CT molecular complexity index is 459. The molecule has 0 atom stereocenters. The van der Waals surface area contributed by atoms with Crippen molar-refractivity contribution in [2.75, 3.05) is 13.2 Å². The van der Waals surface area contributed by atoms with Crippen LogP contribution in [0.1, 0.15) is 5.56 Å². The summed E-state index contributed by atoms with van der Waals surface area (Å²) in [6, 6.07) is 9.03. The molecule has 0 aliphatic carbocycles. The van der Waals surface area contributed by atoms with Gasteiger partial charge in [-0.3, -0.25) is 0 Å². The van der Waals surface area contributed by atoms with Crippen LogP contribution < -0.4 is 5.32 Å². The van der Waals surface area contributed by atoms with Gasteiger partial charge >= 0.3 is 0 Å². The highest BCUT2D eigenvalue weighted by atomic mass is 16.5. The summed E-state index contributed by atoms with van der Waals surface area (Å²) >= 11 is 0. The Morgan fingerprint density at radius 2 is 2.27 bits per heavy atom. The fourth-order valence-corrected chi connectivity index (χ4v) is 1.90. The van der Waals surface area contributed by atoms with Gasteiger partial charge in [0, 0.05) is 18.3 Å². The van der Waals surface area contributed by atoms with E-state index >= 15 is 0 Å². The number of fused-ring (bicyclic) bond motifs is 1. The minimum atomic E-state index is 0.537. The van der Waals surface area contributed by atoms with Crippen molar-refractivity contribution in [3.05, 3.63) is 36.0 Å². The molecule has 78 valence electrons. The first-order valence-corrected chi connectivity index (χ1v) is 5.29. The molecule has 0 saturated carbocycles. The van der Waals surface area contributed by atoms with Crippen LogP contribution in [-0.4, -0.2) is 24.2 Å². The zero-order chi connectivity index (χ0) is 10.1. The first kappa shape index (κ1) is 8.95. The summed E-state index contributed by atoms with van der Waals surface area (Å²) in [7, 11) is 0. The van der Waals surface area contributed by atoms with Crippen LogP contribution in [0, 0.1) is 0 Å². The van der Waals surface area contributed by atoms with Gasteiger partial charge in [-0.2, -0.15) is 0 Å². The topological polar surface area (TPSA) is 37.0 Å². The lowest BCUT2D eigenvalue weighted by molar-refractivity contribution is -0.00574. The molecule has 2 N–H and O–H groups in total. The molecule has 3 heteroatoms. The molecule has 0 radical (unpaired) electrons. The second-order valence-corrected chi connectivity index (χ2v) is 3.97. The molecule has 0 spiro atoms. The highest BCUT2D eigenvalue weighted by Crippen LogP contribution is 2.17. The number of benzene rings is 1. The Morgan fingerprint density at radius 3 is 3.07 bits per heavy atom. The summed E-state index contributed by atoms with van der Waals surface area (Å²) in [4.78, 5) is 3.28. The van der Waals surface area contributed by atoms with Crippen LogP contribution >= 0.6 is 0 Å². The van der Waals surface area contributed by atoms with Crippen molar-refractivity contribution in [2.45, 2.75) is 12.6 Å². The van der Waals surface area contributed by atoms with Crippen molar-refractivity contribution in [1.29, 1.82) is 0 Å². The maximum Gasteiger partial charge on any atom is 0.0643 e. The molecule has 1 aliphatic heterocycles. The zero-order valence-electron chi connectivity index (χ0n) is 8.49. The van der Waals surface area contributed by atoms with E-state index in [4.69, 9.17) is 4.74 Å². The third-order valence-electron chi connectivity index (χ3n) is 2.89. The molecule has 0 unspecified atom stereocenters. The zero-order valence-corrected chi connectivity index (χ0v) is 8.49. The molecule has 1 aliphatic rings. The third kappa shape index (κ3) is 1.64. The van der Waals surface area contributed by atoms with E-state index < -0.39 is 0 Å². The van der Waals surface area contributed by atoms with Gasteiger partial charge in [-0.1, -0.05) is 18.2 Å². The summed E-state index contributed by atoms with van der Waals surface area (Å²) < 4.78 is 5.13. The number of hydrogen-bond donors (Lipinski definition) is 2. The third-order valence-corrected chi connectivity index (χ3v) is 2.89. The molecular formula is C12H14N2O. The molecule has 0 amide bonds. The molecule has 1 aromatic carbocycles. The van der Waals surface area contributed by atoms with Gasteiger partial charge in [0.1, 0.15) is 0 Å². The second-order valence-electron chi connectivity index (χ2n) is 3.97. The lowest BCUT2D eigenvalue weighted by atomic mass is 10.1. The molecule has 2 heterocycles. The van der Waals surface area contributed by atoms with E-state index in [0.29, 0.717) is 6.04 Å². The van der Waals surface area contributed by atoms with E-state index in [9.17, 15) is 0 Å². The van der Waals surface area contributed by atoms with Crippen LogP contribution in [0.3, 0.4) is 0 Å². The molecule has 3 nitrogen and oxygen atoms in total. The van der Waals surface area contributed by atoms with Crippen molar-refractivity contribution in [1.82, 2.24) is 10.3 Å². The quantitative estimate of drug-likeness (QED) is 0.794. The van der Waals surface area contributed by atoms with Crippen LogP contribution in [0.4, 0.5) is 0 Å². The normalized spacial score (nSPS) is 16.8. The number of para-hydroxylation sites is 1. The van der Waals surface area contributed by atoms with E-state index in [2.05, 4.69) is 34.6 Å². The maximum absolute atomic E-state index is 5.13. The van der Waals surface area contributed by atoms with E-state index in [1.54, 1.807) is 0 Å². The van der Waals surface area contributed by atoms with E-state index in [-0.39, 0.29) is 0 Å². The number of rotatable bonds is 3. The molecule has 15 heavy (non-hydrogen) atoms. The average Bonchev–Trinajstić information content (AvgIpc) is 2.63. The smallest absolute Gasteiger partial charge is 0.0643 e. The van der Waals surface area contributed by atoms with Crippen molar-refractivity contribution in [3.63, 3.8) is 0 Å². The predicted molar refractivity (Wildman–Crippen MR) is 59.7 cm³/mol. The van der Waals surface area contributed by atoms with Gasteiger partial charge < -0.3 is 15.0 Å². The fraction of sp³-hybridized carbons (Fsp3) is 0.333. The van der Waals surface area contributed by atoms with Gasteiger partial charge in [0.2, 0.25) is 0 Å². The first-order valence-electron chi connectivity index (χ1n) is 5.29. The van der Waals surface area contributed by atoms with Gasteiger partial charge in [-0.15, -0.1) is 0 Å². The monoisotopic (exact) mass is 202 g/mol. The second kappa shape index (κ2) is 3.68. The molecule has 2 aromatic rings. The van der Waals surface area contributed by atoms with Crippen LogP contribution in [0.15, 0.2) is 30.5 Å². The van der Waals surface area contributed by atoms with Gasteiger partial charge in [0.05, 0.1) is 19.3 Å². The molecule has 3 rings (SSSR count). The number of aromatic nitrogens is 1. The van der Waals surface area contributed by atoms with E-state index in [0.717, 1.165) is 19.8 Å². The molecule has 1 saturated heterocycles. The average molecular weight is 202 g/mol. The van der Waals surface area contributed by atoms with Crippen LogP contribution in [-0.2, 0) is 11.3 Å². The van der Waals surface area contributed by atoms with E-state index in [1.807, 2.05) is 6.20 Å². The van der Waals surface area contributed by atoms with Gasteiger partial charge in [-0.25, -0.2) is 0 Å². The standard InChI is InChI=1S/C12H14N2O/c1-2-9-4-5-13-12(9)10(3-1)6-14-11-7-15-8-11/h1-5,11,13-14H,6-8H2. The number of nitrogens with one attached hydrogen (secondary N) is 2. The highest BCUT2D eigenvalue weighted by molar-refractivity contribution is 5.82. The summed E-state index contributed by atoms with van der Waals surface area (Å²) in [6.07, 6.45) is 1.99. The number of ether oxygens (including phenoxy) is 1. The minimum Gasteiger partial charge on any atom is -0.378 e. The predicted octanol–water partition coefficient (Wildman–Crippen LogP) is 1.66. The largest absolute Gasteiger partial charge is 0.378 e. The fourth-order valence-electron chi connectivity index (χ4n) is 1.90. The van der Waals surface area contributed by atoms with Crippen LogP contribution in [0.2, 0.25) is 0 Å². The van der Waals surface area contributed by atoms with Gasteiger partial charge in [-0.05, 0) is 17.0 Å². The van der Waals surface area contributed by atoms with Crippen molar-refractivity contribution < 1.29 is 4.74 Å². The van der Waals surface area contributed by atoms with Gasteiger partial charge in [0.25, 0.3) is 0 Å². The molecule has 1 fully saturated rings. The van der Waals surface area contributed by atoms with Crippen molar-refractivity contribution in [2.24, 2.45) is 0 Å². The van der Waals surface area contributed by atoms with Crippen LogP contribution in [0.5, 0.6) is 0 Å². The lowest BCUT2D eigenvalue weighted by Gasteiger charge is -2.27.